The number of hydrogen-bond acceptors (Lipinski definition) is 4. The molecule has 0 aliphatic heterocycles. The number of ketones is 1. The highest BCUT2D eigenvalue weighted by Crippen LogP contribution is 2.13. The molecule has 2 aromatic heterocycles. The summed E-state index contributed by atoms with van der Waals surface area (Å²) >= 11 is 1.50. The number of nitrogens with zero attached hydrogens (tertiary/aromatic N) is 2. The normalized spacial score (nSPS) is 10.2. The Bertz CT molecular complexity index is 464. The maximum atomic E-state index is 11.0. The molecule has 0 saturated carbocycles. The molecular formula is C11H10N2OS. The summed E-state index contributed by atoms with van der Waals surface area (Å²) in [7, 11) is 0. The summed E-state index contributed by atoms with van der Waals surface area (Å²) < 4.78 is 0. The number of carbonyl (C=O) groups excluding carboxylic acids is 1. The summed E-state index contributed by atoms with van der Waals surface area (Å²) in [4.78, 5) is 19.5. The van der Waals surface area contributed by atoms with Crippen molar-refractivity contribution in [1.82, 2.24) is 9.97 Å². The van der Waals surface area contributed by atoms with Crippen LogP contribution in [-0.2, 0) is 6.42 Å². The van der Waals surface area contributed by atoms with Crippen molar-refractivity contribution in [2.45, 2.75) is 13.3 Å². The van der Waals surface area contributed by atoms with Gasteiger partial charge in [-0.3, -0.25) is 9.78 Å². The molecule has 2 heterocycles. The molecule has 0 saturated heterocycles. The second-order valence-corrected chi connectivity index (χ2v) is 4.12. The van der Waals surface area contributed by atoms with Gasteiger partial charge in [-0.05, 0) is 12.1 Å². The van der Waals surface area contributed by atoms with E-state index in [0.717, 1.165) is 10.7 Å². The molecule has 2 aromatic rings. The van der Waals surface area contributed by atoms with Crippen LogP contribution in [-0.4, -0.2) is 15.8 Å². The highest BCUT2D eigenvalue weighted by Gasteiger charge is 2.06. The predicted molar refractivity (Wildman–Crippen MR) is 59.2 cm³/mol. The third-order valence-corrected chi connectivity index (χ3v) is 2.82. The van der Waals surface area contributed by atoms with Gasteiger partial charge in [0.25, 0.3) is 0 Å². The average molecular weight is 218 g/mol. The van der Waals surface area contributed by atoms with Crippen LogP contribution in [0.5, 0.6) is 0 Å². The van der Waals surface area contributed by atoms with Gasteiger partial charge >= 0.3 is 0 Å². The number of pyridine rings is 1. The molecular weight excluding hydrogens is 208 g/mol. The maximum Gasteiger partial charge on any atom is 0.178 e. The molecule has 0 aliphatic carbocycles. The summed E-state index contributed by atoms with van der Waals surface area (Å²) in [5.41, 5.74) is 1.52. The van der Waals surface area contributed by atoms with Crippen LogP contribution >= 0.6 is 11.3 Å². The molecule has 0 aromatic carbocycles. The van der Waals surface area contributed by atoms with Crippen molar-refractivity contribution in [3.05, 3.63) is 46.2 Å². The van der Waals surface area contributed by atoms with E-state index in [1.165, 1.54) is 18.3 Å². The van der Waals surface area contributed by atoms with Gasteiger partial charge in [-0.2, -0.15) is 0 Å². The van der Waals surface area contributed by atoms with Crippen molar-refractivity contribution in [3.8, 4) is 0 Å². The smallest absolute Gasteiger partial charge is 0.178 e. The highest BCUT2D eigenvalue weighted by molar-refractivity contribution is 7.09. The first-order valence-corrected chi connectivity index (χ1v) is 5.49. The van der Waals surface area contributed by atoms with Crippen LogP contribution in [0.1, 0.15) is 28.1 Å². The number of rotatable bonds is 3. The maximum absolute atomic E-state index is 11.0. The Morgan fingerprint density at radius 1 is 1.47 bits per heavy atom. The molecule has 2 rings (SSSR count). The number of hydrogen-bond donors (Lipinski definition) is 0. The van der Waals surface area contributed by atoms with E-state index in [0.29, 0.717) is 12.1 Å². The van der Waals surface area contributed by atoms with Crippen molar-refractivity contribution >= 4 is 17.1 Å². The van der Waals surface area contributed by atoms with Gasteiger partial charge in [0.15, 0.2) is 5.78 Å². The topological polar surface area (TPSA) is 42.9 Å². The van der Waals surface area contributed by atoms with E-state index in [4.69, 9.17) is 0 Å². The molecule has 0 atom stereocenters. The van der Waals surface area contributed by atoms with E-state index in [-0.39, 0.29) is 5.78 Å². The lowest BCUT2D eigenvalue weighted by atomic mass is 10.3. The molecule has 0 radical (unpaired) electrons. The van der Waals surface area contributed by atoms with Gasteiger partial charge in [-0.15, -0.1) is 11.3 Å². The predicted octanol–water partition coefficient (Wildman–Crippen LogP) is 2.33. The monoisotopic (exact) mass is 218 g/mol. The van der Waals surface area contributed by atoms with Gasteiger partial charge in [0, 0.05) is 30.6 Å². The van der Waals surface area contributed by atoms with Gasteiger partial charge in [0.05, 0.1) is 5.01 Å². The van der Waals surface area contributed by atoms with Crippen LogP contribution in [0.3, 0.4) is 0 Å². The quantitative estimate of drug-likeness (QED) is 0.742. The van der Waals surface area contributed by atoms with Crippen LogP contribution < -0.4 is 0 Å². The molecule has 0 amide bonds. The molecule has 0 fully saturated rings. The Hall–Kier alpha value is -1.55. The summed E-state index contributed by atoms with van der Waals surface area (Å²) in [6.45, 7) is 1.53. The SMILES string of the molecule is CC(=O)c1csc(Cc2ccccn2)n1. The van der Waals surface area contributed by atoms with Crippen LogP contribution in [0.15, 0.2) is 29.8 Å². The fraction of sp³-hybridized carbons (Fsp3) is 0.182. The van der Waals surface area contributed by atoms with Gasteiger partial charge in [-0.25, -0.2) is 4.98 Å². The van der Waals surface area contributed by atoms with Crippen LogP contribution in [0.25, 0.3) is 0 Å². The molecule has 0 bridgehead atoms. The molecule has 3 nitrogen and oxygen atoms in total. The zero-order valence-electron chi connectivity index (χ0n) is 8.30. The number of carbonyl (C=O) groups is 1. The van der Waals surface area contributed by atoms with Crippen molar-refractivity contribution in [2.75, 3.05) is 0 Å². The first-order chi connectivity index (χ1) is 7.25. The van der Waals surface area contributed by atoms with Gasteiger partial charge in [0.1, 0.15) is 5.69 Å². The summed E-state index contributed by atoms with van der Waals surface area (Å²) in [5, 5.41) is 2.72. The van der Waals surface area contributed by atoms with Gasteiger partial charge in [0.2, 0.25) is 0 Å². The largest absolute Gasteiger partial charge is 0.293 e. The first kappa shape index (κ1) is 9.98. The molecule has 0 unspecified atom stereocenters. The zero-order valence-corrected chi connectivity index (χ0v) is 9.12. The van der Waals surface area contributed by atoms with E-state index in [2.05, 4.69) is 9.97 Å². The average Bonchev–Trinajstić information content (AvgIpc) is 2.68. The fourth-order valence-electron chi connectivity index (χ4n) is 1.21. The van der Waals surface area contributed by atoms with E-state index in [1.807, 2.05) is 18.2 Å². The van der Waals surface area contributed by atoms with Gasteiger partial charge in [-0.1, -0.05) is 6.07 Å². The van der Waals surface area contributed by atoms with Crippen LogP contribution in [0.2, 0.25) is 0 Å². The number of Topliss-reactive ketones (excluding diaryl/α,β-unsaturated/α-hetero) is 1. The fourth-order valence-corrected chi connectivity index (χ4v) is 2.06. The lowest BCUT2D eigenvalue weighted by molar-refractivity contribution is 0.101. The Kier molecular flexibility index (Phi) is 2.87. The summed E-state index contributed by atoms with van der Waals surface area (Å²) in [6.07, 6.45) is 2.45. The summed E-state index contributed by atoms with van der Waals surface area (Å²) in [5.74, 6) is 0.0125. The van der Waals surface area contributed by atoms with Crippen molar-refractivity contribution < 1.29 is 4.79 Å². The zero-order chi connectivity index (χ0) is 10.7. The van der Waals surface area contributed by atoms with E-state index >= 15 is 0 Å². The third kappa shape index (κ3) is 2.47. The van der Waals surface area contributed by atoms with E-state index < -0.39 is 0 Å². The molecule has 0 aliphatic rings. The van der Waals surface area contributed by atoms with Crippen molar-refractivity contribution in [1.29, 1.82) is 0 Å². The van der Waals surface area contributed by atoms with Crippen molar-refractivity contribution in [2.24, 2.45) is 0 Å². The second kappa shape index (κ2) is 4.31. The standard InChI is InChI=1S/C11H10N2OS/c1-8(14)10-7-15-11(13-10)6-9-4-2-3-5-12-9/h2-5,7H,6H2,1H3. The van der Waals surface area contributed by atoms with E-state index in [1.54, 1.807) is 11.6 Å². The molecule has 76 valence electrons. The minimum atomic E-state index is 0.0125. The van der Waals surface area contributed by atoms with Gasteiger partial charge < -0.3 is 0 Å². The molecule has 0 N–H and O–H groups in total. The van der Waals surface area contributed by atoms with Crippen molar-refractivity contribution in [3.63, 3.8) is 0 Å². The van der Waals surface area contributed by atoms with Crippen LogP contribution in [0.4, 0.5) is 0 Å². The highest BCUT2D eigenvalue weighted by atomic mass is 32.1. The lowest BCUT2D eigenvalue weighted by Crippen LogP contribution is -1.94. The second-order valence-electron chi connectivity index (χ2n) is 3.18. The molecule has 0 spiro atoms. The first-order valence-electron chi connectivity index (χ1n) is 4.61. The van der Waals surface area contributed by atoms with Crippen LogP contribution in [0, 0.1) is 0 Å². The minimum absolute atomic E-state index is 0.0125. The molecule has 4 heteroatoms. The number of aromatic nitrogens is 2. The van der Waals surface area contributed by atoms with E-state index in [9.17, 15) is 4.79 Å². The third-order valence-electron chi connectivity index (χ3n) is 1.97. The minimum Gasteiger partial charge on any atom is -0.293 e. The molecule has 15 heavy (non-hydrogen) atoms. The summed E-state index contributed by atoms with van der Waals surface area (Å²) in [6, 6.07) is 5.78. The Morgan fingerprint density at radius 3 is 2.93 bits per heavy atom. The Balaban J connectivity index is 2.15. The number of thiazole rings is 1. The Labute approximate surface area is 91.8 Å². The lowest BCUT2D eigenvalue weighted by Gasteiger charge is -1.94. The Morgan fingerprint density at radius 2 is 2.33 bits per heavy atom.